The second-order valence-electron chi connectivity index (χ2n) is 4.92. The van der Waals surface area contributed by atoms with Crippen molar-refractivity contribution in [3.8, 4) is 11.3 Å². The fourth-order valence-corrected chi connectivity index (χ4v) is 2.37. The van der Waals surface area contributed by atoms with E-state index < -0.39 is 0 Å². The number of imidazole rings is 1. The summed E-state index contributed by atoms with van der Waals surface area (Å²) >= 11 is 0. The zero-order valence-corrected chi connectivity index (χ0v) is 11.6. The number of rotatable bonds is 3. The summed E-state index contributed by atoms with van der Waals surface area (Å²) in [7, 11) is 0. The van der Waals surface area contributed by atoms with Crippen molar-refractivity contribution in [2.75, 3.05) is 6.54 Å². The van der Waals surface area contributed by atoms with Crippen molar-refractivity contribution < 1.29 is 0 Å². The number of hydrogen-bond acceptors (Lipinski definition) is 2. The fourth-order valence-electron chi connectivity index (χ4n) is 2.37. The molecule has 1 aromatic heterocycles. The minimum atomic E-state index is 0.623. The average molecular weight is 243 g/mol. The van der Waals surface area contributed by atoms with Crippen LogP contribution in [-0.2, 0) is 6.42 Å². The van der Waals surface area contributed by atoms with Gasteiger partial charge in [-0.15, -0.1) is 0 Å². The van der Waals surface area contributed by atoms with E-state index >= 15 is 0 Å². The first kappa shape index (κ1) is 12.8. The van der Waals surface area contributed by atoms with E-state index in [0.717, 1.165) is 17.9 Å². The van der Waals surface area contributed by atoms with Crippen LogP contribution in [0.5, 0.6) is 0 Å². The lowest BCUT2D eigenvalue weighted by Gasteiger charge is -2.13. The molecule has 0 fully saturated rings. The van der Waals surface area contributed by atoms with Gasteiger partial charge in [-0.25, -0.2) is 4.98 Å². The Bertz CT molecular complexity index is 541. The van der Waals surface area contributed by atoms with E-state index in [4.69, 9.17) is 5.73 Å². The highest BCUT2D eigenvalue weighted by Gasteiger charge is 2.12. The summed E-state index contributed by atoms with van der Waals surface area (Å²) in [5.74, 6) is 0.963. The lowest BCUT2D eigenvalue weighted by molar-refractivity contribution is 0.895. The standard InChI is InChI=1S/C15H21N3/c1-9-7-10(2)12(4)15(11(9)3)13-8-17-14(18-13)5-6-16/h7-8H,5-6,16H2,1-4H3,(H,17,18). The SMILES string of the molecule is Cc1cc(C)c(C)c(-c2cnc(CCN)[nH]2)c1C. The van der Waals surface area contributed by atoms with Crippen molar-refractivity contribution in [2.45, 2.75) is 34.1 Å². The molecular weight excluding hydrogens is 222 g/mol. The second-order valence-corrected chi connectivity index (χ2v) is 4.92. The first-order chi connectivity index (χ1) is 8.54. The van der Waals surface area contributed by atoms with Crippen molar-refractivity contribution in [1.82, 2.24) is 9.97 Å². The number of aromatic amines is 1. The molecule has 96 valence electrons. The van der Waals surface area contributed by atoms with E-state index in [9.17, 15) is 0 Å². The van der Waals surface area contributed by atoms with Crippen molar-refractivity contribution in [3.63, 3.8) is 0 Å². The smallest absolute Gasteiger partial charge is 0.107 e. The van der Waals surface area contributed by atoms with Gasteiger partial charge in [0.25, 0.3) is 0 Å². The molecule has 2 aromatic rings. The molecule has 18 heavy (non-hydrogen) atoms. The monoisotopic (exact) mass is 243 g/mol. The summed E-state index contributed by atoms with van der Waals surface area (Å²) in [5, 5.41) is 0. The summed E-state index contributed by atoms with van der Waals surface area (Å²) < 4.78 is 0. The topological polar surface area (TPSA) is 54.7 Å². The molecule has 0 aliphatic rings. The van der Waals surface area contributed by atoms with Gasteiger partial charge < -0.3 is 10.7 Å². The van der Waals surface area contributed by atoms with Crippen LogP contribution in [0.1, 0.15) is 28.1 Å². The largest absolute Gasteiger partial charge is 0.342 e. The molecule has 0 bridgehead atoms. The Hall–Kier alpha value is -1.61. The van der Waals surface area contributed by atoms with Crippen LogP contribution in [0.4, 0.5) is 0 Å². The van der Waals surface area contributed by atoms with E-state index in [1.54, 1.807) is 0 Å². The Morgan fingerprint density at radius 2 is 1.72 bits per heavy atom. The molecule has 0 atom stereocenters. The van der Waals surface area contributed by atoms with Crippen molar-refractivity contribution in [2.24, 2.45) is 5.73 Å². The summed E-state index contributed by atoms with van der Waals surface area (Å²) in [6.07, 6.45) is 2.71. The molecule has 0 radical (unpaired) electrons. The Kier molecular flexibility index (Phi) is 3.53. The van der Waals surface area contributed by atoms with Crippen LogP contribution in [0.2, 0.25) is 0 Å². The van der Waals surface area contributed by atoms with E-state index in [0.29, 0.717) is 6.54 Å². The van der Waals surface area contributed by atoms with Gasteiger partial charge in [-0.2, -0.15) is 0 Å². The molecule has 0 aliphatic carbocycles. The highest BCUT2D eigenvalue weighted by molar-refractivity contribution is 5.70. The molecule has 0 unspecified atom stereocenters. The van der Waals surface area contributed by atoms with Gasteiger partial charge in [0.2, 0.25) is 0 Å². The van der Waals surface area contributed by atoms with Crippen LogP contribution in [0.25, 0.3) is 11.3 Å². The molecule has 0 saturated carbocycles. The maximum absolute atomic E-state index is 5.56. The van der Waals surface area contributed by atoms with Crippen LogP contribution in [0, 0.1) is 27.7 Å². The number of nitrogens with one attached hydrogen (secondary N) is 1. The minimum absolute atomic E-state index is 0.623. The molecule has 1 heterocycles. The van der Waals surface area contributed by atoms with Gasteiger partial charge >= 0.3 is 0 Å². The molecule has 0 aliphatic heterocycles. The molecule has 3 N–H and O–H groups in total. The molecule has 3 heteroatoms. The van der Waals surface area contributed by atoms with Crippen molar-refractivity contribution in [3.05, 3.63) is 40.3 Å². The lowest BCUT2D eigenvalue weighted by Crippen LogP contribution is -2.04. The van der Waals surface area contributed by atoms with Gasteiger partial charge in [0.15, 0.2) is 0 Å². The van der Waals surface area contributed by atoms with Crippen LogP contribution in [0.3, 0.4) is 0 Å². The van der Waals surface area contributed by atoms with E-state index in [2.05, 4.69) is 43.7 Å². The number of aromatic nitrogens is 2. The molecule has 3 nitrogen and oxygen atoms in total. The zero-order chi connectivity index (χ0) is 13.3. The predicted molar refractivity (Wildman–Crippen MR) is 75.7 cm³/mol. The molecule has 0 amide bonds. The van der Waals surface area contributed by atoms with Crippen molar-refractivity contribution >= 4 is 0 Å². The Balaban J connectivity index is 2.55. The van der Waals surface area contributed by atoms with Gasteiger partial charge in [-0.1, -0.05) is 6.07 Å². The lowest BCUT2D eigenvalue weighted by atomic mass is 9.93. The van der Waals surface area contributed by atoms with E-state index in [1.165, 1.54) is 27.8 Å². The molecular formula is C15H21N3. The first-order valence-electron chi connectivity index (χ1n) is 6.36. The normalized spacial score (nSPS) is 10.9. The fraction of sp³-hybridized carbons (Fsp3) is 0.400. The van der Waals surface area contributed by atoms with Gasteiger partial charge in [-0.05, 0) is 56.5 Å². The van der Waals surface area contributed by atoms with Crippen molar-refractivity contribution in [1.29, 1.82) is 0 Å². The Labute approximate surface area is 108 Å². The van der Waals surface area contributed by atoms with Gasteiger partial charge in [0.05, 0.1) is 11.9 Å². The van der Waals surface area contributed by atoms with Gasteiger partial charge in [-0.3, -0.25) is 0 Å². The number of aryl methyl sites for hydroxylation is 2. The van der Waals surface area contributed by atoms with Crippen LogP contribution >= 0.6 is 0 Å². The predicted octanol–water partition coefficient (Wildman–Crippen LogP) is 2.81. The molecule has 2 rings (SSSR count). The highest BCUT2D eigenvalue weighted by atomic mass is 14.9. The summed E-state index contributed by atoms with van der Waals surface area (Å²) in [6, 6.07) is 2.24. The number of H-pyrrole nitrogens is 1. The summed E-state index contributed by atoms with van der Waals surface area (Å²) in [5.41, 5.74) is 13.2. The third kappa shape index (κ3) is 2.18. The Morgan fingerprint density at radius 1 is 1.11 bits per heavy atom. The maximum Gasteiger partial charge on any atom is 0.107 e. The second kappa shape index (κ2) is 4.94. The maximum atomic E-state index is 5.56. The molecule has 0 spiro atoms. The summed E-state index contributed by atoms with van der Waals surface area (Å²) in [4.78, 5) is 7.76. The quantitative estimate of drug-likeness (QED) is 0.871. The van der Waals surface area contributed by atoms with E-state index in [1.807, 2.05) is 6.20 Å². The van der Waals surface area contributed by atoms with E-state index in [-0.39, 0.29) is 0 Å². The van der Waals surface area contributed by atoms with Crippen LogP contribution < -0.4 is 5.73 Å². The molecule has 1 aromatic carbocycles. The number of hydrogen-bond donors (Lipinski definition) is 2. The average Bonchev–Trinajstić information content (AvgIpc) is 2.76. The van der Waals surface area contributed by atoms with Gasteiger partial charge in [0.1, 0.15) is 5.82 Å². The van der Waals surface area contributed by atoms with Crippen LogP contribution in [0.15, 0.2) is 12.3 Å². The Morgan fingerprint density at radius 3 is 2.28 bits per heavy atom. The third-order valence-corrected chi connectivity index (χ3v) is 3.64. The summed E-state index contributed by atoms with van der Waals surface area (Å²) in [6.45, 7) is 9.27. The zero-order valence-electron chi connectivity index (χ0n) is 11.6. The first-order valence-corrected chi connectivity index (χ1v) is 6.36. The highest BCUT2D eigenvalue weighted by Crippen LogP contribution is 2.30. The third-order valence-electron chi connectivity index (χ3n) is 3.64. The number of nitrogens with zero attached hydrogens (tertiary/aromatic N) is 1. The number of nitrogens with two attached hydrogens (primary N) is 1. The van der Waals surface area contributed by atoms with Crippen LogP contribution in [-0.4, -0.2) is 16.5 Å². The number of benzene rings is 1. The minimum Gasteiger partial charge on any atom is -0.342 e. The van der Waals surface area contributed by atoms with Gasteiger partial charge in [0, 0.05) is 12.0 Å². The molecule has 0 saturated heterocycles.